The Kier molecular flexibility index (Phi) is 12.4. The third-order valence-electron chi connectivity index (χ3n) is 8.85. The maximum Gasteiger partial charge on any atom is 0.159 e. The molecule has 0 bridgehead atoms. The molecule has 0 aliphatic heterocycles. The Labute approximate surface area is 262 Å². The normalized spacial score (nSPS) is 30.6. The second-order valence-corrected chi connectivity index (χ2v) is 27.6. The average Bonchev–Trinajstić information content (AvgIpc) is 2.93. The molecule has 0 N–H and O–H groups in total. The largest absolute Gasteiger partial charge is 0.334 e. The third kappa shape index (κ3) is 8.50. The van der Waals surface area contributed by atoms with Gasteiger partial charge in [-0.1, -0.05) is 115 Å². The number of hydrogen-bond acceptors (Lipinski definition) is 6. The first kappa shape index (κ1) is 33.3. The maximum atomic E-state index is 7.19. The Morgan fingerprint density at radius 2 is 0.975 bits per heavy atom. The van der Waals surface area contributed by atoms with E-state index in [1.54, 1.807) is 20.8 Å². The molecule has 2 aromatic carbocycles. The highest BCUT2D eigenvalue weighted by molar-refractivity contribution is 9.19. The van der Waals surface area contributed by atoms with Gasteiger partial charge in [0.25, 0.3) is 0 Å². The van der Waals surface area contributed by atoms with Crippen molar-refractivity contribution < 1.29 is 9.05 Å². The summed E-state index contributed by atoms with van der Waals surface area (Å²) < 4.78 is 14.4. The Hall–Kier alpha value is 0.360. The summed E-state index contributed by atoms with van der Waals surface area (Å²) in [7, 11) is 3.45. The minimum absolute atomic E-state index is 0.183. The molecule has 2 aliphatic rings. The SMILES string of the molecule is CC1CCC(C(C)C)C(OP(=S)(SSP(=S)(OC2CC(C)CCC2C(C)C)c2ccccc2)c2ccccc2)C1. The van der Waals surface area contributed by atoms with Gasteiger partial charge in [0.2, 0.25) is 0 Å². The van der Waals surface area contributed by atoms with Crippen LogP contribution in [0.5, 0.6) is 0 Å². The van der Waals surface area contributed by atoms with Gasteiger partial charge in [0, 0.05) is 10.6 Å². The Morgan fingerprint density at radius 1 is 0.625 bits per heavy atom. The van der Waals surface area contributed by atoms with Gasteiger partial charge in [-0.05, 0) is 106 Å². The highest BCUT2D eigenvalue weighted by Gasteiger charge is 2.40. The highest BCUT2D eigenvalue weighted by Crippen LogP contribution is 2.77. The van der Waals surface area contributed by atoms with E-state index in [0.717, 1.165) is 23.5 Å². The summed E-state index contributed by atoms with van der Waals surface area (Å²) in [5.41, 5.74) is -4.93. The van der Waals surface area contributed by atoms with Crippen molar-refractivity contribution in [2.75, 3.05) is 0 Å². The fraction of sp³-hybridized carbons (Fsp3) is 0.625. The molecule has 2 fully saturated rings. The van der Waals surface area contributed by atoms with Gasteiger partial charge in [-0.2, -0.15) is 0 Å². The average molecular weight is 655 g/mol. The van der Waals surface area contributed by atoms with Crippen LogP contribution >= 0.6 is 31.8 Å². The van der Waals surface area contributed by atoms with Gasteiger partial charge >= 0.3 is 0 Å². The fourth-order valence-electron chi connectivity index (χ4n) is 6.38. The summed E-state index contributed by atoms with van der Waals surface area (Å²) in [5, 5.41) is 2.26. The van der Waals surface area contributed by atoms with Crippen molar-refractivity contribution in [2.24, 2.45) is 35.5 Å². The minimum Gasteiger partial charge on any atom is -0.334 e. The van der Waals surface area contributed by atoms with Gasteiger partial charge in [-0.3, -0.25) is 0 Å². The van der Waals surface area contributed by atoms with Crippen molar-refractivity contribution in [2.45, 2.75) is 92.3 Å². The minimum atomic E-state index is -2.47. The van der Waals surface area contributed by atoms with Crippen LogP contribution in [0.2, 0.25) is 0 Å². The van der Waals surface area contributed by atoms with Crippen molar-refractivity contribution in [3.8, 4) is 0 Å². The molecule has 2 nitrogen and oxygen atoms in total. The summed E-state index contributed by atoms with van der Waals surface area (Å²) in [4.78, 5) is 0. The predicted octanol–water partition coefficient (Wildman–Crippen LogP) is 10.6. The predicted molar refractivity (Wildman–Crippen MR) is 188 cm³/mol. The molecule has 0 radical (unpaired) electrons. The first-order valence-electron chi connectivity index (χ1n) is 15.1. The molecular formula is C32H48O2P2S4. The molecule has 0 heterocycles. The zero-order chi connectivity index (χ0) is 28.9. The number of benzene rings is 2. The van der Waals surface area contributed by atoms with E-state index in [2.05, 4.69) is 102 Å². The molecule has 8 heteroatoms. The Morgan fingerprint density at radius 3 is 1.30 bits per heavy atom. The Balaban J connectivity index is 1.65. The molecule has 222 valence electrons. The summed E-state index contributed by atoms with van der Waals surface area (Å²) in [6, 6.07) is 21.1. The summed E-state index contributed by atoms with van der Waals surface area (Å²) in [6.45, 7) is 14.1. The number of hydrogen-bond donors (Lipinski definition) is 0. The lowest BCUT2D eigenvalue weighted by atomic mass is 9.75. The molecule has 8 atom stereocenters. The van der Waals surface area contributed by atoms with Crippen LogP contribution in [-0.4, -0.2) is 12.2 Å². The zero-order valence-corrected chi connectivity index (χ0v) is 30.0. The van der Waals surface area contributed by atoms with E-state index in [1.807, 2.05) is 0 Å². The summed E-state index contributed by atoms with van der Waals surface area (Å²) in [5.74, 6) is 3.56. The summed E-state index contributed by atoms with van der Waals surface area (Å²) in [6.07, 6.45) is 7.51. The van der Waals surface area contributed by atoms with Crippen LogP contribution in [0.15, 0.2) is 60.7 Å². The van der Waals surface area contributed by atoms with E-state index in [-0.39, 0.29) is 12.2 Å². The monoisotopic (exact) mass is 654 g/mol. The van der Waals surface area contributed by atoms with Crippen LogP contribution in [-0.2, 0) is 32.7 Å². The standard InChI is InChI=1S/C32H48O2P2S4/c1-23(2)29-19-17-25(5)21-31(29)33-35(37,27-13-9-7-10-14-27)39-40-36(38,28-15-11-8-12-16-28)34-32-22-26(6)18-20-30(32)24(3)4/h7-16,23-26,29-32H,17-22H2,1-6H3. The van der Waals surface area contributed by atoms with E-state index in [4.69, 9.17) is 32.7 Å². The fourth-order valence-corrected chi connectivity index (χ4v) is 26.3. The van der Waals surface area contributed by atoms with Crippen LogP contribution in [0.4, 0.5) is 0 Å². The van der Waals surface area contributed by atoms with Crippen LogP contribution in [0, 0.1) is 35.5 Å². The highest BCUT2D eigenvalue weighted by atomic mass is 33.5. The molecule has 0 saturated heterocycles. The van der Waals surface area contributed by atoms with Gasteiger partial charge in [0.15, 0.2) is 10.9 Å². The van der Waals surface area contributed by atoms with E-state index in [1.165, 1.54) is 25.7 Å². The van der Waals surface area contributed by atoms with Gasteiger partial charge in [0.1, 0.15) is 0 Å². The lowest BCUT2D eigenvalue weighted by Gasteiger charge is -2.41. The third-order valence-corrected chi connectivity index (χ3v) is 26.4. The van der Waals surface area contributed by atoms with Crippen molar-refractivity contribution in [3.63, 3.8) is 0 Å². The molecule has 2 aliphatic carbocycles. The quantitative estimate of drug-likeness (QED) is 0.176. The molecule has 2 saturated carbocycles. The molecule has 40 heavy (non-hydrogen) atoms. The second kappa shape index (κ2) is 14.9. The smallest absolute Gasteiger partial charge is 0.159 e. The van der Waals surface area contributed by atoms with Gasteiger partial charge in [-0.25, -0.2) is 0 Å². The molecule has 2 aromatic rings. The van der Waals surface area contributed by atoms with Crippen LogP contribution in [0.25, 0.3) is 0 Å². The summed E-state index contributed by atoms with van der Waals surface area (Å²) >= 11 is 13.2. The molecular weight excluding hydrogens is 607 g/mol. The molecule has 0 aromatic heterocycles. The van der Waals surface area contributed by atoms with Crippen molar-refractivity contribution in [1.82, 2.24) is 0 Å². The van der Waals surface area contributed by atoms with Gasteiger partial charge in [0.05, 0.1) is 12.2 Å². The first-order chi connectivity index (χ1) is 19.0. The lowest BCUT2D eigenvalue weighted by molar-refractivity contribution is 0.0578. The lowest BCUT2D eigenvalue weighted by Crippen LogP contribution is -2.34. The van der Waals surface area contributed by atoms with Crippen LogP contribution in [0.1, 0.15) is 80.1 Å². The molecule has 8 unspecified atom stereocenters. The number of rotatable bonds is 11. The van der Waals surface area contributed by atoms with Crippen molar-refractivity contribution >= 4 is 66.0 Å². The van der Waals surface area contributed by atoms with Crippen molar-refractivity contribution in [1.29, 1.82) is 0 Å². The molecule has 0 spiro atoms. The van der Waals surface area contributed by atoms with E-state index < -0.39 is 10.9 Å². The van der Waals surface area contributed by atoms with E-state index >= 15 is 0 Å². The van der Waals surface area contributed by atoms with Crippen molar-refractivity contribution in [3.05, 3.63) is 60.7 Å². The zero-order valence-electron chi connectivity index (χ0n) is 25.0. The van der Waals surface area contributed by atoms with Gasteiger partial charge in [-0.15, -0.1) is 0 Å². The van der Waals surface area contributed by atoms with Crippen LogP contribution < -0.4 is 10.6 Å². The first-order valence-corrected chi connectivity index (χ1v) is 23.9. The van der Waals surface area contributed by atoms with Gasteiger partial charge < -0.3 is 9.05 Å². The topological polar surface area (TPSA) is 18.5 Å². The Bertz CT molecular complexity index is 1070. The van der Waals surface area contributed by atoms with E-state index in [9.17, 15) is 0 Å². The molecule has 4 rings (SSSR count). The second-order valence-electron chi connectivity index (χ2n) is 12.8. The molecule has 0 amide bonds. The van der Waals surface area contributed by atoms with Crippen LogP contribution in [0.3, 0.4) is 0 Å². The maximum absolute atomic E-state index is 7.19. The van der Waals surface area contributed by atoms with E-state index in [0.29, 0.717) is 35.5 Å².